The largest absolute Gasteiger partial charge is 0.308 e. The first kappa shape index (κ1) is 14.6. The molecule has 0 amide bonds. The minimum absolute atomic E-state index is 0.334. The third-order valence-corrected chi connectivity index (χ3v) is 5.57. The number of rotatable bonds is 4. The van der Waals surface area contributed by atoms with Crippen LogP contribution in [0.15, 0.2) is 28.7 Å². The van der Waals surface area contributed by atoms with Gasteiger partial charge in [-0.3, -0.25) is 4.90 Å². The summed E-state index contributed by atoms with van der Waals surface area (Å²) < 4.78 is 1.16. The third kappa shape index (κ3) is 3.10. The van der Waals surface area contributed by atoms with Gasteiger partial charge in [0.2, 0.25) is 0 Å². The molecule has 1 aromatic rings. The molecule has 0 radical (unpaired) electrons. The lowest BCUT2D eigenvalue weighted by Gasteiger charge is -2.46. The summed E-state index contributed by atoms with van der Waals surface area (Å²) in [6.07, 6.45) is 4.04. The summed E-state index contributed by atoms with van der Waals surface area (Å²) in [5.74, 6) is 0.896. The summed E-state index contributed by atoms with van der Waals surface area (Å²) in [5, 5.41) is 3.83. The van der Waals surface area contributed by atoms with E-state index < -0.39 is 0 Å². The molecule has 1 N–H and O–H groups in total. The molecule has 3 rings (SSSR count). The number of benzene rings is 1. The lowest BCUT2D eigenvalue weighted by Crippen LogP contribution is -2.63. The zero-order valence-electron chi connectivity index (χ0n) is 12.5. The van der Waals surface area contributed by atoms with Crippen LogP contribution in [0.3, 0.4) is 0 Å². The third-order valence-electron chi connectivity index (χ3n) is 5.04. The molecule has 2 atom stereocenters. The van der Waals surface area contributed by atoms with Crippen molar-refractivity contribution in [1.82, 2.24) is 10.2 Å². The molecule has 1 heterocycles. The van der Waals surface area contributed by atoms with Crippen LogP contribution in [-0.4, -0.2) is 29.6 Å². The van der Waals surface area contributed by atoms with E-state index in [0.717, 1.165) is 23.5 Å². The van der Waals surface area contributed by atoms with Crippen molar-refractivity contribution in [3.63, 3.8) is 0 Å². The van der Waals surface area contributed by atoms with E-state index in [1.807, 2.05) is 0 Å². The van der Waals surface area contributed by atoms with Crippen molar-refractivity contribution in [2.24, 2.45) is 5.92 Å². The molecule has 2 fully saturated rings. The van der Waals surface area contributed by atoms with E-state index in [1.54, 1.807) is 0 Å². The second-order valence-corrected chi connectivity index (χ2v) is 7.58. The molecule has 0 aromatic heterocycles. The Labute approximate surface area is 131 Å². The standard InChI is InChI=1S/C17H25BrN2/c1-3-16-10-19-17(2,14-6-7-14)12-20(16)11-13-4-8-15(18)9-5-13/h4-5,8-9,14,16,19H,3,6-7,10-12H2,1-2H3. The molecule has 0 spiro atoms. The minimum atomic E-state index is 0.334. The Bertz CT molecular complexity index is 455. The van der Waals surface area contributed by atoms with E-state index in [9.17, 15) is 0 Å². The number of nitrogens with one attached hydrogen (secondary N) is 1. The first-order valence-electron chi connectivity index (χ1n) is 7.84. The molecule has 2 aliphatic rings. The molecule has 1 saturated carbocycles. The molecular formula is C17H25BrN2. The van der Waals surface area contributed by atoms with Gasteiger partial charge in [0.15, 0.2) is 0 Å². The van der Waals surface area contributed by atoms with Gasteiger partial charge in [-0.1, -0.05) is 35.0 Å². The minimum Gasteiger partial charge on any atom is -0.308 e. The van der Waals surface area contributed by atoms with Crippen LogP contribution in [0.2, 0.25) is 0 Å². The second kappa shape index (κ2) is 5.78. The van der Waals surface area contributed by atoms with Gasteiger partial charge in [0, 0.05) is 35.7 Å². The highest BCUT2D eigenvalue weighted by molar-refractivity contribution is 9.10. The highest BCUT2D eigenvalue weighted by Crippen LogP contribution is 2.41. The summed E-state index contributed by atoms with van der Waals surface area (Å²) >= 11 is 3.52. The van der Waals surface area contributed by atoms with Crippen LogP contribution in [0.5, 0.6) is 0 Å². The van der Waals surface area contributed by atoms with Crippen molar-refractivity contribution >= 4 is 15.9 Å². The molecule has 110 valence electrons. The van der Waals surface area contributed by atoms with Crippen molar-refractivity contribution in [1.29, 1.82) is 0 Å². The summed E-state index contributed by atoms with van der Waals surface area (Å²) in [6.45, 7) is 8.13. The SMILES string of the molecule is CCC1CNC(C)(C2CC2)CN1Cc1ccc(Br)cc1. The van der Waals surface area contributed by atoms with Crippen LogP contribution in [0, 0.1) is 5.92 Å². The van der Waals surface area contributed by atoms with E-state index in [0.29, 0.717) is 11.6 Å². The summed E-state index contributed by atoms with van der Waals surface area (Å²) in [6, 6.07) is 9.46. The lowest BCUT2D eigenvalue weighted by atomic mass is 9.90. The number of hydrogen-bond acceptors (Lipinski definition) is 2. The zero-order valence-corrected chi connectivity index (χ0v) is 14.1. The van der Waals surface area contributed by atoms with Gasteiger partial charge in [0.25, 0.3) is 0 Å². The summed E-state index contributed by atoms with van der Waals surface area (Å²) in [4.78, 5) is 2.69. The van der Waals surface area contributed by atoms with E-state index in [2.05, 4.69) is 64.3 Å². The van der Waals surface area contributed by atoms with Crippen molar-refractivity contribution in [3.8, 4) is 0 Å². The van der Waals surface area contributed by atoms with Crippen LogP contribution in [0.25, 0.3) is 0 Å². The van der Waals surface area contributed by atoms with E-state index in [-0.39, 0.29) is 0 Å². The number of nitrogens with zero attached hydrogens (tertiary/aromatic N) is 1. The zero-order chi connectivity index (χ0) is 14.2. The van der Waals surface area contributed by atoms with E-state index in [1.165, 1.54) is 31.4 Å². The smallest absolute Gasteiger partial charge is 0.0309 e. The number of piperazine rings is 1. The van der Waals surface area contributed by atoms with Crippen molar-refractivity contribution < 1.29 is 0 Å². The van der Waals surface area contributed by atoms with Crippen LogP contribution in [0.1, 0.15) is 38.7 Å². The van der Waals surface area contributed by atoms with Gasteiger partial charge in [-0.2, -0.15) is 0 Å². The first-order chi connectivity index (χ1) is 9.60. The first-order valence-corrected chi connectivity index (χ1v) is 8.63. The topological polar surface area (TPSA) is 15.3 Å². The Hall–Kier alpha value is -0.380. The van der Waals surface area contributed by atoms with Crippen LogP contribution in [-0.2, 0) is 6.54 Å². The van der Waals surface area contributed by atoms with Gasteiger partial charge >= 0.3 is 0 Å². The van der Waals surface area contributed by atoms with Crippen molar-refractivity contribution in [2.45, 2.75) is 51.2 Å². The molecule has 1 saturated heterocycles. The van der Waals surface area contributed by atoms with Crippen molar-refractivity contribution in [3.05, 3.63) is 34.3 Å². The molecule has 2 unspecified atom stereocenters. The Morgan fingerprint density at radius 3 is 2.60 bits per heavy atom. The fourth-order valence-corrected chi connectivity index (χ4v) is 3.76. The predicted molar refractivity (Wildman–Crippen MR) is 87.8 cm³/mol. The maximum atomic E-state index is 3.83. The Balaban J connectivity index is 1.72. The number of halogens is 1. The molecule has 3 heteroatoms. The molecule has 2 nitrogen and oxygen atoms in total. The quantitative estimate of drug-likeness (QED) is 0.899. The van der Waals surface area contributed by atoms with Crippen LogP contribution in [0.4, 0.5) is 0 Å². The fourth-order valence-electron chi connectivity index (χ4n) is 3.49. The molecule has 0 bridgehead atoms. The lowest BCUT2D eigenvalue weighted by molar-refractivity contribution is 0.0666. The van der Waals surface area contributed by atoms with Gasteiger partial charge in [-0.25, -0.2) is 0 Å². The second-order valence-electron chi connectivity index (χ2n) is 6.67. The Morgan fingerprint density at radius 1 is 1.30 bits per heavy atom. The molecule has 20 heavy (non-hydrogen) atoms. The maximum absolute atomic E-state index is 3.83. The van der Waals surface area contributed by atoms with Gasteiger partial charge in [-0.15, -0.1) is 0 Å². The Morgan fingerprint density at radius 2 is 2.00 bits per heavy atom. The monoisotopic (exact) mass is 336 g/mol. The van der Waals surface area contributed by atoms with Gasteiger partial charge in [0.1, 0.15) is 0 Å². The highest BCUT2D eigenvalue weighted by Gasteiger charge is 2.45. The maximum Gasteiger partial charge on any atom is 0.0309 e. The molecule has 1 aliphatic heterocycles. The fraction of sp³-hybridized carbons (Fsp3) is 0.647. The highest BCUT2D eigenvalue weighted by atomic mass is 79.9. The van der Waals surface area contributed by atoms with E-state index in [4.69, 9.17) is 0 Å². The van der Waals surface area contributed by atoms with Gasteiger partial charge in [-0.05, 0) is 49.8 Å². The van der Waals surface area contributed by atoms with Crippen molar-refractivity contribution in [2.75, 3.05) is 13.1 Å². The summed E-state index contributed by atoms with van der Waals surface area (Å²) in [5.41, 5.74) is 1.76. The average molecular weight is 337 g/mol. The van der Waals surface area contributed by atoms with Gasteiger partial charge < -0.3 is 5.32 Å². The van der Waals surface area contributed by atoms with E-state index >= 15 is 0 Å². The van der Waals surface area contributed by atoms with Crippen LogP contribution >= 0.6 is 15.9 Å². The predicted octanol–water partition coefficient (Wildman–Crippen LogP) is 3.80. The molecule has 1 aromatic carbocycles. The molecular weight excluding hydrogens is 312 g/mol. The van der Waals surface area contributed by atoms with Gasteiger partial charge in [0.05, 0.1) is 0 Å². The van der Waals surface area contributed by atoms with Crippen LogP contribution < -0.4 is 5.32 Å². The number of hydrogen-bond donors (Lipinski definition) is 1. The summed E-state index contributed by atoms with van der Waals surface area (Å²) in [7, 11) is 0. The normalized spacial score (nSPS) is 31.4. The average Bonchev–Trinajstić information content (AvgIpc) is 3.27. The molecule has 1 aliphatic carbocycles. The Kier molecular flexibility index (Phi) is 4.21.